The van der Waals surface area contributed by atoms with Crippen molar-refractivity contribution >= 4 is 22.4 Å². The molecule has 0 aliphatic rings. The zero-order chi connectivity index (χ0) is 16.8. The van der Waals surface area contributed by atoms with Gasteiger partial charge in [0.25, 0.3) is 0 Å². The first-order valence-corrected chi connectivity index (χ1v) is 8.15. The summed E-state index contributed by atoms with van der Waals surface area (Å²) in [4.78, 5) is 0. The van der Waals surface area contributed by atoms with Gasteiger partial charge in [0.15, 0.2) is 0 Å². The van der Waals surface area contributed by atoms with E-state index in [1.807, 2.05) is 63.3 Å². The molecule has 0 spiro atoms. The summed E-state index contributed by atoms with van der Waals surface area (Å²) >= 11 is 5.93. The van der Waals surface area contributed by atoms with Crippen LogP contribution in [0.1, 0.15) is 34.1 Å². The van der Waals surface area contributed by atoms with Crippen molar-refractivity contribution in [1.82, 2.24) is 0 Å². The van der Waals surface area contributed by atoms with E-state index in [1.54, 1.807) is 6.08 Å². The van der Waals surface area contributed by atoms with Gasteiger partial charge < -0.3 is 4.74 Å². The number of rotatable bonds is 4. The van der Waals surface area contributed by atoms with Gasteiger partial charge in [-0.05, 0) is 48.4 Å². The summed E-state index contributed by atoms with van der Waals surface area (Å²) in [6.07, 6.45) is 6.60. The fraction of sp³-hybridized carbons (Fsp3) is 0.300. The van der Waals surface area contributed by atoms with Crippen molar-refractivity contribution in [2.45, 2.75) is 34.1 Å². The van der Waals surface area contributed by atoms with E-state index < -0.39 is 0 Å². The summed E-state index contributed by atoms with van der Waals surface area (Å²) in [6, 6.07) is 11.9. The summed E-state index contributed by atoms with van der Waals surface area (Å²) in [7, 11) is 0. The van der Waals surface area contributed by atoms with Crippen LogP contribution in [0, 0.1) is 0 Å². The molecule has 0 saturated carbocycles. The lowest BCUT2D eigenvalue weighted by molar-refractivity contribution is 0.318. The van der Waals surface area contributed by atoms with E-state index in [9.17, 15) is 0 Å². The summed E-state index contributed by atoms with van der Waals surface area (Å²) in [5.74, 6) is 0.909. The van der Waals surface area contributed by atoms with E-state index in [-0.39, 0.29) is 0 Å². The van der Waals surface area contributed by atoms with Crippen LogP contribution < -0.4 is 4.74 Å². The van der Waals surface area contributed by atoms with Crippen LogP contribution in [-0.2, 0) is 0 Å². The molecule has 0 aromatic heterocycles. The van der Waals surface area contributed by atoms with Crippen molar-refractivity contribution in [3.63, 3.8) is 0 Å². The maximum atomic E-state index is 5.93. The normalized spacial score (nSPS) is 9.50. The molecule has 0 aliphatic heterocycles. The van der Waals surface area contributed by atoms with E-state index in [2.05, 4.69) is 19.6 Å². The van der Waals surface area contributed by atoms with Gasteiger partial charge in [0.05, 0.1) is 6.61 Å². The fourth-order valence-electron chi connectivity index (χ4n) is 1.64. The highest BCUT2D eigenvalue weighted by atomic mass is 35.5. The molecule has 0 N–H and O–H groups in total. The molecule has 22 heavy (non-hydrogen) atoms. The Morgan fingerprint density at radius 3 is 2.32 bits per heavy atom. The molecule has 0 bridgehead atoms. The van der Waals surface area contributed by atoms with Gasteiger partial charge in [0.2, 0.25) is 0 Å². The Bertz CT molecular complexity index is 573. The van der Waals surface area contributed by atoms with Crippen LogP contribution in [-0.4, -0.2) is 6.61 Å². The van der Waals surface area contributed by atoms with Crippen LogP contribution in [0.3, 0.4) is 0 Å². The number of benzene rings is 2. The Morgan fingerprint density at radius 1 is 1.09 bits per heavy atom. The molecule has 0 unspecified atom stereocenters. The lowest BCUT2D eigenvalue weighted by Crippen LogP contribution is -1.94. The molecule has 0 aliphatic carbocycles. The standard InChI is InChI=1S/C13H13ClO.C5H8.C2H6/c1-2-7-15-13-6-4-10-3-5-12(14)8-11(10)9-13;1-3-5-4-2;1-2/h3-6,8-9H,2,7H2,1H3;3-5H,1H2,2H3;1-2H3/b;5-4+;. The third-order valence-corrected chi connectivity index (χ3v) is 2.81. The van der Waals surface area contributed by atoms with Gasteiger partial charge in [-0.25, -0.2) is 0 Å². The molecular formula is C20H27ClO. The van der Waals surface area contributed by atoms with Gasteiger partial charge in [-0.1, -0.05) is 69.3 Å². The first kappa shape index (κ1) is 20.3. The summed E-state index contributed by atoms with van der Waals surface area (Å²) in [5, 5.41) is 3.06. The minimum Gasteiger partial charge on any atom is -0.494 e. The van der Waals surface area contributed by atoms with Crippen LogP contribution in [0.5, 0.6) is 5.75 Å². The lowest BCUT2D eigenvalue weighted by Gasteiger charge is -2.05. The molecule has 2 heteroatoms. The maximum absolute atomic E-state index is 5.93. The van der Waals surface area contributed by atoms with Crippen LogP contribution in [0.4, 0.5) is 0 Å². The maximum Gasteiger partial charge on any atom is 0.119 e. The molecule has 0 radical (unpaired) electrons. The first-order valence-electron chi connectivity index (χ1n) is 7.77. The average molecular weight is 319 g/mol. The minimum absolute atomic E-state index is 0.756. The first-order chi connectivity index (χ1) is 10.7. The summed E-state index contributed by atoms with van der Waals surface area (Å²) in [5.41, 5.74) is 0. The van der Waals surface area contributed by atoms with Crippen molar-refractivity contribution < 1.29 is 4.74 Å². The van der Waals surface area contributed by atoms with Crippen LogP contribution >= 0.6 is 11.6 Å². The number of allylic oxidation sites excluding steroid dienone is 3. The SMILES string of the molecule is C=C/C=C/C.CC.CCCOc1ccc2ccc(Cl)cc2c1. The van der Waals surface area contributed by atoms with Crippen molar-refractivity contribution in [1.29, 1.82) is 0 Å². The van der Waals surface area contributed by atoms with Crippen LogP contribution in [0.15, 0.2) is 61.2 Å². The molecule has 0 saturated heterocycles. The van der Waals surface area contributed by atoms with Crippen molar-refractivity contribution in [2.24, 2.45) is 0 Å². The smallest absolute Gasteiger partial charge is 0.119 e. The van der Waals surface area contributed by atoms with Gasteiger partial charge in [-0.3, -0.25) is 0 Å². The van der Waals surface area contributed by atoms with Gasteiger partial charge in [0, 0.05) is 5.02 Å². The molecule has 2 aromatic carbocycles. The highest BCUT2D eigenvalue weighted by Gasteiger charge is 1.97. The average Bonchev–Trinajstić information content (AvgIpc) is 2.55. The fourth-order valence-corrected chi connectivity index (χ4v) is 1.82. The molecular weight excluding hydrogens is 292 g/mol. The van der Waals surface area contributed by atoms with E-state index in [1.165, 1.54) is 5.39 Å². The number of halogens is 1. The zero-order valence-electron chi connectivity index (χ0n) is 14.1. The molecule has 0 atom stereocenters. The Morgan fingerprint density at radius 2 is 1.77 bits per heavy atom. The number of fused-ring (bicyclic) bond motifs is 1. The molecule has 0 heterocycles. The zero-order valence-corrected chi connectivity index (χ0v) is 14.9. The van der Waals surface area contributed by atoms with Crippen molar-refractivity contribution in [3.05, 3.63) is 66.2 Å². The van der Waals surface area contributed by atoms with Crippen LogP contribution in [0.25, 0.3) is 10.8 Å². The second kappa shape index (κ2) is 13.0. The Hall–Kier alpha value is -1.73. The highest BCUT2D eigenvalue weighted by molar-refractivity contribution is 6.31. The van der Waals surface area contributed by atoms with E-state index in [0.717, 1.165) is 29.2 Å². The third-order valence-electron chi connectivity index (χ3n) is 2.58. The van der Waals surface area contributed by atoms with E-state index >= 15 is 0 Å². The lowest BCUT2D eigenvalue weighted by atomic mass is 10.1. The van der Waals surface area contributed by atoms with Gasteiger partial charge in [-0.15, -0.1) is 0 Å². The summed E-state index contributed by atoms with van der Waals surface area (Å²) in [6.45, 7) is 12.3. The second-order valence-electron chi connectivity index (χ2n) is 4.26. The Kier molecular flexibility index (Phi) is 11.9. The predicted molar refractivity (Wildman–Crippen MR) is 101 cm³/mol. The van der Waals surface area contributed by atoms with Crippen molar-refractivity contribution in [2.75, 3.05) is 6.61 Å². The second-order valence-corrected chi connectivity index (χ2v) is 4.70. The number of hydrogen-bond acceptors (Lipinski definition) is 1. The van der Waals surface area contributed by atoms with Crippen LogP contribution in [0.2, 0.25) is 5.02 Å². The van der Waals surface area contributed by atoms with E-state index in [4.69, 9.17) is 16.3 Å². The highest BCUT2D eigenvalue weighted by Crippen LogP contribution is 2.23. The molecule has 2 rings (SSSR count). The van der Waals surface area contributed by atoms with Gasteiger partial charge in [-0.2, -0.15) is 0 Å². The topological polar surface area (TPSA) is 9.23 Å². The van der Waals surface area contributed by atoms with Gasteiger partial charge in [0.1, 0.15) is 5.75 Å². The Balaban J connectivity index is 0.000000540. The van der Waals surface area contributed by atoms with Gasteiger partial charge >= 0.3 is 0 Å². The minimum atomic E-state index is 0.756. The Labute approximate surface area is 140 Å². The molecule has 120 valence electrons. The number of ether oxygens (including phenoxy) is 1. The predicted octanol–water partition coefficient (Wildman–Crippen LogP) is 7.06. The molecule has 0 amide bonds. The number of hydrogen-bond donors (Lipinski definition) is 0. The monoisotopic (exact) mass is 318 g/mol. The summed E-state index contributed by atoms with van der Waals surface area (Å²) < 4.78 is 5.56. The molecule has 2 aromatic rings. The quantitative estimate of drug-likeness (QED) is 0.548. The van der Waals surface area contributed by atoms with Crippen molar-refractivity contribution in [3.8, 4) is 5.75 Å². The largest absolute Gasteiger partial charge is 0.494 e. The van der Waals surface area contributed by atoms with E-state index in [0.29, 0.717) is 0 Å². The third kappa shape index (κ3) is 7.90. The molecule has 0 fully saturated rings. The molecule has 1 nitrogen and oxygen atoms in total.